The molecule has 0 aliphatic heterocycles. The third kappa shape index (κ3) is 3.58. The predicted molar refractivity (Wildman–Crippen MR) is 85.9 cm³/mol. The number of hydrogen-bond donors (Lipinski definition) is 0. The van der Waals surface area contributed by atoms with Crippen LogP contribution in [0.25, 0.3) is 0 Å². The zero-order valence-corrected chi connectivity index (χ0v) is 13.9. The molecule has 0 amide bonds. The van der Waals surface area contributed by atoms with Crippen molar-refractivity contribution in [2.24, 2.45) is 0 Å². The molecule has 2 aromatic rings. The molecule has 0 unspecified atom stereocenters. The van der Waals surface area contributed by atoms with E-state index in [0.29, 0.717) is 23.9 Å². The summed E-state index contributed by atoms with van der Waals surface area (Å²) in [4.78, 5) is 4.19. The van der Waals surface area contributed by atoms with Crippen LogP contribution in [0.5, 0.6) is 11.6 Å². The SMILES string of the molecule is CCN(CC)S(=O)(=O)c1ccc(Oc2ccccc2Cl)nc1. The summed E-state index contributed by atoms with van der Waals surface area (Å²) >= 11 is 6.00. The Morgan fingerprint density at radius 1 is 1.14 bits per heavy atom. The highest BCUT2D eigenvalue weighted by molar-refractivity contribution is 7.89. The lowest BCUT2D eigenvalue weighted by atomic mass is 10.3. The number of hydrogen-bond acceptors (Lipinski definition) is 4. The van der Waals surface area contributed by atoms with Gasteiger partial charge in [-0.15, -0.1) is 0 Å². The molecule has 0 saturated carbocycles. The largest absolute Gasteiger partial charge is 0.437 e. The zero-order chi connectivity index (χ0) is 16.2. The van der Waals surface area contributed by atoms with E-state index in [2.05, 4.69) is 4.98 Å². The van der Waals surface area contributed by atoms with E-state index in [-0.39, 0.29) is 10.8 Å². The van der Waals surface area contributed by atoms with Crippen LogP contribution < -0.4 is 4.74 Å². The van der Waals surface area contributed by atoms with Gasteiger partial charge in [0.1, 0.15) is 10.6 Å². The Hall–Kier alpha value is -1.63. The van der Waals surface area contributed by atoms with E-state index in [1.54, 1.807) is 38.1 Å². The molecule has 2 rings (SSSR count). The zero-order valence-electron chi connectivity index (χ0n) is 12.4. The minimum atomic E-state index is -3.51. The topological polar surface area (TPSA) is 59.5 Å². The monoisotopic (exact) mass is 340 g/mol. The van der Waals surface area contributed by atoms with E-state index < -0.39 is 10.0 Å². The van der Waals surface area contributed by atoms with Crippen LogP contribution in [0.15, 0.2) is 47.5 Å². The normalized spacial score (nSPS) is 11.6. The first-order valence-corrected chi connectivity index (χ1v) is 8.69. The quantitative estimate of drug-likeness (QED) is 0.806. The second-order valence-electron chi connectivity index (χ2n) is 4.45. The number of nitrogens with zero attached hydrogens (tertiary/aromatic N) is 2. The molecule has 1 aromatic heterocycles. The molecule has 7 heteroatoms. The van der Waals surface area contributed by atoms with Gasteiger partial charge in [-0.3, -0.25) is 0 Å². The maximum Gasteiger partial charge on any atom is 0.244 e. The highest BCUT2D eigenvalue weighted by Gasteiger charge is 2.21. The van der Waals surface area contributed by atoms with E-state index in [1.165, 1.54) is 22.6 Å². The van der Waals surface area contributed by atoms with Crippen molar-refractivity contribution in [1.29, 1.82) is 0 Å². The Morgan fingerprint density at radius 3 is 2.36 bits per heavy atom. The van der Waals surface area contributed by atoms with Crippen molar-refractivity contribution in [2.45, 2.75) is 18.7 Å². The summed E-state index contributed by atoms with van der Waals surface area (Å²) in [6.45, 7) is 4.42. The second kappa shape index (κ2) is 7.09. The molecule has 0 aliphatic rings. The van der Waals surface area contributed by atoms with Gasteiger partial charge in [0.05, 0.1) is 11.2 Å². The lowest BCUT2D eigenvalue weighted by molar-refractivity contribution is 0.443. The second-order valence-corrected chi connectivity index (χ2v) is 6.80. The molecular formula is C15H17ClN2O3S. The third-order valence-corrected chi connectivity index (χ3v) is 5.45. The molecule has 0 atom stereocenters. The van der Waals surface area contributed by atoms with Crippen LogP contribution in [0.4, 0.5) is 0 Å². The molecular weight excluding hydrogens is 324 g/mol. The van der Waals surface area contributed by atoms with Crippen molar-refractivity contribution >= 4 is 21.6 Å². The van der Waals surface area contributed by atoms with Gasteiger partial charge in [-0.05, 0) is 18.2 Å². The maximum absolute atomic E-state index is 12.3. The van der Waals surface area contributed by atoms with Crippen molar-refractivity contribution in [3.05, 3.63) is 47.6 Å². The van der Waals surface area contributed by atoms with Crippen molar-refractivity contribution in [3.63, 3.8) is 0 Å². The number of halogens is 1. The van der Waals surface area contributed by atoms with E-state index in [1.807, 2.05) is 0 Å². The number of rotatable bonds is 6. The minimum Gasteiger partial charge on any atom is -0.437 e. The summed E-state index contributed by atoms with van der Waals surface area (Å²) in [6, 6.07) is 10.00. The van der Waals surface area contributed by atoms with Crippen LogP contribution in [0.3, 0.4) is 0 Å². The number of pyridine rings is 1. The fourth-order valence-corrected chi connectivity index (χ4v) is 3.51. The Labute approximate surface area is 135 Å². The molecule has 0 saturated heterocycles. The lowest BCUT2D eigenvalue weighted by Gasteiger charge is -2.18. The molecule has 22 heavy (non-hydrogen) atoms. The summed E-state index contributed by atoms with van der Waals surface area (Å²) in [5, 5.41) is 0.462. The smallest absolute Gasteiger partial charge is 0.244 e. The van der Waals surface area contributed by atoms with Crippen LogP contribution >= 0.6 is 11.6 Å². The van der Waals surface area contributed by atoms with Crippen molar-refractivity contribution in [1.82, 2.24) is 9.29 Å². The molecule has 0 fully saturated rings. The average molecular weight is 341 g/mol. The number of sulfonamides is 1. The highest BCUT2D eigenvalue weighted by atomic mass is 35.5. The van der Waals surface area contributed by atoms with Gasteiger partial charge in [0.2, 0.25) is 15.9 Å². The average Bonchev–Trinajstić information content (AvgIpc) is 2.51. The summed E-state index contributed by atoms with van der Waals surface area (Å²) in [5.74, 6) is 0.752. The molecule has 0 aliphatic carbocycles. The predicted octanol–water partition coefficient (Wildman–Crippen LogP) is 3.56. The van der Waals surface area contributed by atoms with E-state index >= 15 is 0 Å². The van der Waals surface area contributed by atoms with Crippen LogP contribution in [-0.4, -0.2) is 30.8 Å². The summed E-state index contributed by atoms with van der Waals surface area (Å²) < 4.78 is 31.6. The van der Waals surface area contributed by atoms with Crippen LogP contribution in [0, 0.1) is 0 Å². The number of benzene rings is 1. The molecule has 1 aromatic carbocycles. The summed E-state index contributed by atoms with van der Waals surface area (Å²) in [6.07, 6.45) is 1.29. The molecule has 0 radical (unpaired) electrons. The van der Waals surface area contributed by atoms with E-state index in [4.69, 9.17) is 16.3 Å². The lowest BCUT2D eigenvalue weighted by Crippen LogP contribution is -2.30. The highest BCUT2D eigenvalue weighted by Crippen LogP contribution is 2.28. The van der Waals surface area contributed by atoms with Gasteiger partial charge in [-0.25, -0.2) is 13.4 Å². The molecule has 0 bridgehead atoms. The van der Waals surface area contributed by atoms with Gasteiger partial charge in [0.25, 0.3) is 0 Å². The number of para-hydroxylation sites is 1. The Balaban J connectivity index is 2.22. The first-order chi connectivity index (χ1) is 10.5. The molecule has 0 N–H and O–H groups in total. The van der Waals surface area contributed by atoms with Crippen LogP contribution in [0.1, 0.15) is 13.8 Å². The summed E-state index contributed by atoms with van der Waals surface area (Å²) in [7, 11) is -3.51. The van der Waals surface area contributed by atoms with E-state index in [0.717, 1.165) is 0 Å². The number of ether oxygens (including phenoxy) is 1. The van der Waals surface area contributed by atoms with Gasteiger partial charge in [0, 0.05) is 19.2 Å². The Morgan fingerprint density at radius 2 is 1.82 bits per heavy atom. The van der Waals surface area contributed by atoms with Gasteiger partial charge in [-0.1, -0.05) is 37.6 Å². The van der Waals surface area contributed by atoms with E-state index in [9.17, 15) is 8.42 Å². The fourth-order valence-electron chi connectivity index (χ4n) is 1.93. The fraction of sp³-hybridized carbons (Fsp3) is 0.267. The molecule has 118 valence electrons. The maximum atomic E-state index is 12.3. The van der Waals surface area contributed by atoms with Crippen molar-refractivity contribution in [2.75, 3.05) is 13.1 Å². The Bertz CT molecular complexity index is 729. The van der Waals surface area contributed by atoms with Crippen molar-refractivity contribution in [3.8, 4) is 11.6 Å². The van der Waals surface area contributed by atoms with Crippen molar-refractivity contribution < 1.29 is 13.2 Å². The first-order valence-electron chi connectivity index (χ1n) is 6.87. The van der Waals surface area contributed by atoms with Gasteiger partial charge >= 0.3 is 0 Å². The standard InChI is InChI=1S/C15H17ClN2O3S/c1-3-18(4-2)22(19,20)12-9-10-15(17-11-12)21-14-8-6-5-7-13(14)16/h5-11H,3-4H2,1-2H3. The molecule has 0 spiro atoms. The van der Waals surface area contributed by atoms with Crippen LogP contribution in [-0.2, 0) is 10.0 Å². The first kappa shape index (κ1) is 16.7. The van der Waals surface area contributed by atoms with Gasteiger partial charge in [0.15, 0.2) is 0 Å². The Kier molecular flexibility index (Phi) is 5.39. The van der Waals surface area contributed by atoms with Gasteiger partial charge < -0.3 is 4.74 Å². The minimum absolute atomic E-state index is 0.141. The number of aromatic nitrogens is 1. The molecule has 1 heterocycles. The summed E-state index contributed by atoms with van der Waals surface area (Å²) in [5.41, 5.74) is 0. The molecule has 5 nitrogen and oxygen atoms in total. The van der Waals surface area contributed by atoms with Gasteiger partial charge in [-0.2, -0.15) is 4.31 Å². The third-order valence-electron chi connectivity index (χ3n) is 3.10. The van der Waals surface area contributed by atoms with Crippen LogP contribution in [0.2, 0.25) is 5.02 Å².